The van der Waals surface area contributed by atoms with E-state index in [1.807, 2.05) is 6.07 Å². The van der Waals surface area contributed by atoms with Gasteiger partial charge in [0.2, 0.25) is 5.91 Å². The van der Waals surface area contributed by atoms with E-state index >= 15 is 0 Å². The first kappa shape index (κ1) is 14.5. The van der Waals surface area contributed by atoms with Crippen LogP contribution in [0, 0.1) is 5.92 Å². The first-order chi connectivity index (χ1) is 9.58. The van der Waals surface area contributed by atoms with Gasteiger partial charge in [-0.05, 0) is 37.8 Å². The smallest absolute Gasteiger partial charge is 0.323 e. The molecule has 0 atom stereocenters. The highest BCUT2D eigenvalue weighted by Crippen LogP contribution is 2.27. The number of anilines is 1. The molecule has 1 saturated carbocycles. The van der Waals surface area contributed by atoms with E-state index in [1.165, 1.54) is 4.90 Å². The lowest BCUT2D eigenvalue weighted by Crippen LogP contribution is -2.42. The molecule has 0 aliphatic heterocycles. The minimum atomic E-state index is -1.00. The zero-order valence-corrected chi connectivity index (χ0v) is 11.4. The molecule has 1 fully saturated rings. The van der Waals surface area contributed by atoms with Crippen LogP contribution >= 0.6 is 0 Å². The van der Waals surface area contributed by atoms with Crippen molar-refractivity contribution in [3.8, 4) is 0 Å². The third-order valence-corrected chi connectivity index (χ3v) is 3.75. The van der Waals surface area contributed by atoms with Crippen LogP contribution in [0.25, 0.3) is 0 Å². The predicted octanol–water partition coefficient (Wildman–Crippen LogP) is 1.62. The molecule has 0 unspecified atom stereocenters. The molecular formula is C15H20N2O3. The number of nitrogens with zero attached hydrogens (tertiary/aromatic N) is 1. The molecule has 0 bridgehead atoms. The second-order valence-electron chi connectivity index (χ2n) is 5.27. The van der Waals surface area contributed by atoms with Crippen molar-refractivity contribution in [2.45, 2.75) is 31.7 Å². The van der Waals surface area contributed by atoms with Gasteiger partial charge in [0.05, 0.1) is 0 Å². The molecule has 3 N–H and O–H groups in total. The van der Waals surface area contributed by atoms with Crippen LogP contribution in [0.2, 0.25) is 0 Å². The molecular weight excluding hydrogens is 256 g/mol. The maximum atomic E-state index is 12.6. The molecule has 0 saturated heterocycles. The van der Waals surface area contributed by atoms with E-state index in [1.54, 1.807) is 24.3 Å². The molecule has 0 spiro atoms. The Morgan fingerprint density at radius 3 is 2.30 bits per heavy atom. The van der Waals surface area contributed by atoms with Crippen LogP contribution in [0.4, 0.5) is 5.69 Å². The molecule has 0 heterocycles. The molecule has 1 aromatic rings. The third-order valence-electron chi connectivity index (χ3n) is 3.75. The Kier molecular flexibility index (Phi) is 4.74. The molecule has 1 amide bonds. The van der Waals surface area contributed by atoms with Gasteiger partial charge in [-0.15, -0.1) is 0 Å². The van der Waals surface area contributed by atoms with Gasteiger partial charge in [0.25, 0.3) is 0 Å². The number of aliphatic carboxylic acids is 1. The van der Waals surface area contributed by atoms with Crippen LogP contribution < -0.4 is 10.6 Å². The highest BCUT2D eigenvalue weighted by Gasteiger charge is 2.29. The number of rotatable bonds is 4. The second kappa shape index (κ2) is 6.52. The standard InChI is InChI=1S/C15H20N2O3/c16-12-8-6-11(7-9-12)15(20)17(10-14(18)19)13-4-2-1-3-5-13/h1-5,11-12H,6-10,16H2,(H,18,19). The Balaban J connectivity index is 2.14. The SMILES string of the molecule is NC1CCC(C(=O)N(CC(=O)O)c2ccccc2)CC1. The van der Waals surface area contributed by atoms with Crippen molar-refractivity contribution in [2.24, 2.45) is 11.7 Å². The van der Waals surface area contributed by atoms with Crippen LogP contribution in [0.5, 0.6) is 0 Å². The highest BCUT2D eigenvalue weighted by molar-refractivity contribution is 5.98. The zero-order valence-electron chi connectivity index (χ0n) is 11.4. The highest BCUT2D eigenvalue weighted by atomic mass is 16.4. The summed E-state index contributed by atoms with van der Waals surface area (Å²) in [6, 6.07) is 9.13. The molecule has 1 aromatic carbocycles. The van der Waals surface area contributed by atoms with Crippen LogP contribution in [0.15, 0.2) is 30.3 Å². The van der Waals surface area contributed by atoms with Crippen molar-refractivity contribution in [3.05, 3.63) is 30.3 Å². The summed E-state index contributed by atoms with van der Waals surface area (Å²) in [5.41, 5.74) is 6.48. The van der Waals surface area contributed by atoms with Crippen LogP contribution in [-0.2, 0) is 9.59 Å². The normalized spacial score (nSPS) is 22.2. The first-order valence-electron chi connectivity index (χ1n) is 6.91. The predicted molar refractivity (Wildman–Crippen MR) is 76.4 cm³/mol. The molecule has 1 aliphatic carbocycles. The van der Waals surface area contributed by atoms with Gasteiger partial charge < -0.3 is 15.7 Å². The number of nitrogens with two attached hydrogens (primary N) is 1. The van der Waals surface area contributed by atoms with Crippen molar-refractivity contribution in [1.82, 2.24) is 0 Å². The average molecular weight is 276 g/mol. The van der Waals surface area contributed by atoms with Gasteiger partial charge >= 0.3 is 5.97 Å². The van der Waals surface area contributed by atoms with E-state index < -0.39 is 5.97 Å². The largest absolute Gasteiger partial charge is 0.480 e. The van der Waals surface area contributed by atoms with E-state index in [9.17, 15) is 9.59 Å². The van der Waals surface area contributed by atoms with E-state index in [2.05, 4.69) is 0 Å². The van der Waals surface area contributed by atoms with Gasteiger partial charge in [0.1, 0.15) is 6.54 Å². The number of amides is 1. The monoisotopic (exact) mass is 276 g/mol. The third kappa shape index (κ3) is 3.57. The summed E-state index contributed by atoms with van der Waals surface area (Å²) in [6.45, 7) is -0.300. The minimum Gasteiger partial charge on any atom is -0.480 e. The summed E-state index contributed by atoms with van der Waals surface area (Å²) in [5.74, 6) is -1.23. The Morgan fingerprint density at radius 2 is 1.75 bits per heavy atom. The lowest BCUT2D eigenvalue weighted by atomic mass is 9.85. The van der Waals surface area contributed by atoms with Gasteiger partial charge in [0.15, 0.2) is 0 Å². The number of hydrogen-bond donors (Lipinski definition) is 2. The summed E-state index contributed by atoms with van der Waals surface area (Å²) >= 11 is 0. The van der Waals surface area contributed by atoms with Crippen molar-refractivity contribution in [1.29, 1.82) is 0 Å². The van der Waals surface area contributed by atoms with E-state index in [0.717, 1.165) is 25.7 Å². The fourth-order valence-electron chi connectivity index (χ4n) is 2.63. The van der Waals surface area contributed by atoms with Gasteiger partial charge in [0, 0.05) is 17.6 Å². The van der Waals surface area contributed by atoms with Crippen molar-refractivity contribution in [3.63, 3.8) is 0 Å². The number of benzene rings is 1. The fourth-order valence-corrected chi connectivity index (χ4v) is 2.63. The summed E-state index contributed by atoms with van der Waals surface area (Å²) in [7, 11) is 0. The quantitative estimate of drug-likeness (QED) is 0.875. The molecule has 2 rings (SSSR count). The Hall–Kier alpha value is -1.88. The zero-order chi connectivity index (χ0) is 14.5. The maximum absolute atomic E-state index is 12.6. The fraction of sp³-hybridized carbons (Fsp3) is 0.467. The second-order valence-corrected chi connectivity index (χ2v) is 5.27. The van der Waals surface area contributed by atoms with E-state index in [4.69, 9.17) is 10.8 Å². The Bertz CT molecular complexity index is 467. The van der Waals surface area contributed by atoms with E-state index in [0.29, 0.717) is 5.69 Å². The van der Waals surface area contributed by atoms with Crippen molar-refractivity contribution in [2.75, 3.05) is 11.4 Å². The summed E-state index contributed by atoms with van der Waals surface area (Å²) in [4.78, 5) is 24.9. The van der Waals surface area contributed by atoms with Gasteiger partial charge in [-0.25, -0.2) is 0 Å². The number of hydrogen-bond acceptors (Lipinski definition) is 3. The van der Waals surface area contributed by atoms with Crippen molar-refractivity contribution >= 4 is 17.6 Å². The maximum Gasteiger partial charge on any atom is 0.323 e. The van der Waals surface area contributed by atoms with Gasteiger partial charge in [-0.1, -0.05) is 18.2 Å². The minimum absolute atomic E-state index is 0.106. The molecule has 0 radical (unpaired) electrons. The lowest BCUT2D eigenvalue weighted by molar-refractivity contribution is -0.137. The summed E-state index contributed by atoms with van der Waals surface area (Å²) in [6.07, 6.45) is 3.13. The van der Waals surface area contributed by atoms with Gasteiger partial charge in [-0.2, -0.15) is 0 Å². The number of carboxylic acid groups (broad SMARTS) is 1. The number of carbonyl (C=O) groups excluding carboxylic acids is 1. The molecule has 1 aliphatic rings. The topological polar surface area (TPSA) is 83.6 Å². The molecule has 5 nitrogen and oxygen atoms in total. The van der Waals surface area contributed by atoms with Crippen molar-refractivity contribution < 1.29 is 14.7 Å². The lowest BCUT2D eigenvalue weighted by Gasteiger charge is -2.30. The Morgan fingerprint density at radius 1 is 1.15 bits per heavy atom. The number of para-hydroxylation sites is 1. The molecule has 0 aromatic heterocycles. The average Bonchev–Trinajstić information content (AvgIpc) is 2.45. The van der Waals surface area contributed by atoms with Crippen LogP contribution in [0.1, 0.15) is 25.7 Å². The Labute approximate surface area is 118 Å². The summed E-state index contributed by atoms with van der Waals surface area (Å²) in [5, 5.41) is 9.02. The van der Waals surface area contributed by atoms with Crippen LogP contribution in [-0.4, -0.2) is 29.6 Å². The van der Waals surface area contributed by atoms with E-state index in [-0.39, 0.29) is 24.4 Å². The molecule has 108 valence electrons. The van der Waals surface area contributed by atoms with Crippen LogP contribution in [0.3, 0.4) is 0 Å². The first-order valence-corrected chi connectivity index (χ1v) is 6.91. The number of carboxylic acids is 1. The van der Waals surface area contributed by atoms with Gasteiger partial charge in [-0.3, -0.25) is 9.59 Å². The molecule has 5 heteroatoms. The summed E-state index contributed by atoms with van der Waals surface area (Å²) < 4.78 is 0. The number of carbonyl (C=O) groups is 2. The molecule has 20 heavy (non-hydrogen) atoms.